The lowest BCUT2D eigenvalue weighted by Crippen LogP contribution is -2.41. The number of nitro groups is 1. The summed E-state index contributed by atoms with van der Waals surface area (Å²) >= 11 is 0. The lowest BCUT2D eigenvalue weighted by atomic mass is 9.92. The van der Waals surface area contributed by atoms with Crippen LogP contribution in [0.5, 0.6) is 0 Å². The molecule has 0 fully saturated rings. The lowest BCUT2D eigenvalue weighted by molar-refractivity contribution is -0.384. The van der Waals surface area contributed by atoms with Crippen LogP contribution >= 0.6 is 0 Å². The zero-order valence-electron chi connectivity index (χ0n) is 12.5. The molecule has 7 heteroatoms. The summed E-state index contributed by atoms with van der Waals surface area (Å²) in [6.45, 7) is 12.1. The van der Waals surface area contributed by atoms with Crippen LogP contribution in [-0.4, -0.2) is 22.0 Å². The monoisotopic (exact) mass is 301 g/mol. The highest BCUT2D eigenvalue weighted by molar-refractivity contribution is 5.87. The molecule has 1 aromatic carbocycles. The average molecular weight is 301 g/mol. The largest absolute Gasteiger partial charge is 0.453 e. The molecule has 22 heavy (non-hydrogen) atoms. The number of carbonyl (C=O) groups excluding carboxylic acids is 1. The maximum Gasteiger partial charge on any atom is 0.413 e. The second-order valence-corrected chi connectivity index (χ2v) is 5.69. The first kappa shape index (κ1) is 17.1. The highest BCUT2D eigenvalue weighted by atomic mass is 16.6. The molecule has 0 radical (unpaired) electrons. The van der Waals surface area contributed by atoms with Crippen molar-refractivity contribution in [1.29, 1.82) is 5.26 Å². The van der Waals surface area contributed by atoms with E-state index >= 15 is 0 Å². The third kappa shape index (κ3) is 4.03. The maximum absolute atomic E-state index is 12.2. The molecule has 0 amide bonds. The molecule has 1 rings (SSSR count). The van der Waals surface area contributed by atoms with Gasteiger partial charge in [0.05, 0.1) is 11.3 Å². The van der Waals surface area contributed by atoms with Gasteiger partial charge >= 0.3 is 11.5 Å². The van der Waals surface area contributed by atoms with Crippen LogP contribution in [0.15, 0.2) is 24.3 Å². The number of ether oxygens (including phenoxy) is 1. The van der Waals surface area contributed by atoms with Crippen LogP contribution in [0.2, 0.25) is 0 Å². The molecule has 0 aromatic heterocycles. The lowest BCUT2D eigenvalue weighted by Gasteiger charge is -2.22. The van der Waals surface area contributed by atoms with E-state index in [0.717, 1.165) is 0 Å². The molecule has 0 bridgehead atoms. The van der Waals surface area contributed by atoms with Gasteiger partial charge in [0, 0.05) is 12.1 Å². The summed E-state index contributed by atoms with van der Waals surface area (Å²) in [4.78, 5) is 25.4. The van der Waals surface area contributed by atoms with Crippen molar-refractivity contribution in [2.45, 2.75) is 38.3 Å². The molecule has 0 aliphatic carbocycles. The van der Waals surface area contributed by atoms with E-state index in [-0.39, 0.29) is 12.1 Å². The summed E-state index contributed by atoms with van der Waals surface area (Å²) in [6, 6.07) is 7.06. The van der Waals surface area contributed by atoms with Gasteiger partial charge in [0.25, 0.3) is 5.69 Å². The minimum absolute atomic E-state index is 0.105. The molecule has 1 unspecified atom stereocenters. The van der Waals surface area contributed by atoms with Gasteiger partial charge in [-0.2, -0.15) is 5.26 Å². The number of nitrogens with zero attached hydrogens (tertiary/aromatic N) is 3. The first-order valence-corrected chi connectivity index (χ1v) is 6.40. The first-order valence-electron chi connectivity index (χ1n) is 6.40. The third-order valence-corrected chi connectivity index (χ3v) is 2.72. The van der Waals surface area contributed by atoms with E-state index in [9.17, 15) is 20.2 Å². The van der Waals surface area contributed by atoms with Crippen molar-refractivity contribution in [3.05, 3.63) is 51.4 Å². The third-order valence-electron chi connectivity index (χ3n) is 2.72. The number of benzene rings is 1. The first-order chi connectivity index (χ1) is 10.1. The van der Waals surface area contributed by atoms with Gasteiger partial charge in [0.2, 0.25) is 0 Å². The summed E-state index contributed by atoms with van der Waals surface area (Å²) in [5.41, 5.74) is -2.46. The van der Waals surface area contributed by atoms with Crippen molar-refractivity contribution < 1.29 is 14.5 Å². The maximum atomic E-state index is 12.2. The number of rotatable bonds is 4. The fourth-order valence-electron chi connectivity index (χ4n) is 1.66. The Bertz CT molecular complexity index is 646. The second-order valence-electron chi connectivity index (χ2n) is 5.69. The molecule has 7 nitrogen and oxygen atoms in total. The summed E-state index contributed by atoms with van der Waals surface area (Å²) < 4.78 is 5.14. The van der Waals surface area contributed by atoms with E-state index in [0.29, 0.717) is 5.56 Å². The molecule has 114 valence electrons. The summed E-state index contributed by atoms with van der Waals surface area (Å²) in [5.74, 6) is -0.921. The van der Waals surface area contributed by atoms with Crippen molar-refractivity contribution in [3.8, 4) is 6.07 Å². The highest BCUT2D eigenvalue weighted by Crippen LogP contribution is 2.24. The number of carbonyl (C=O) groups is 1. The zero-order chi connectivity index (χ0) is 17.0. The second kappa shape index (κ2) is 6.23. The number of nitriles is 1. The Morgan fingerprint density at radius 3 is 2.32 bits per heavy atom. The Hall–Kier alpha value is -2.93. The minimum atomic E-state index is -2.00. The van der Waals surface area contributed by atoms with Gasteiger partial charge in [-0.05, 0) is 26.3 Å². The van der Waals surface area contributed by atoms with Crippen LogP contribution in [-0.2, 0) is 16.0 Å². The molecule has 0 saturated carbocycles. The number of hydrogen-bond donors (Lipinski definition) is 0. The minimum Gasteiger partial charge on any atom is -0.453 e. The summed E-state index contributed by atoms with van der Waals surface area (Å²) in [5, 5.41) is 19.9. The standard InChI is InChI=1S/C15H15N3O4/c1-14(2,3)22-13(19)15(10-16,17-4)9-11-5-7-12(8-6-11)18(20)21/h5-8H,9H2,1-3H3. The Labute approximate surface area is 128 Å². The number of hydrogen-bond acceptors (Lipinski definition) is 5. The fraction of sp³-hybridized carbons (Fsp3) is 0.400. The van der Waals surface area contributed by atoms with Gasteiger partial charge in [-0.15, -0.1) is 0 Å². The quantitative estimate of drug-likeness (QED) is 0.368. The fourth-order valence-corrected chi connectivity index (χ4v) is 1.66. The Morgan fingerprint density at radius 2 is 1.95 bits per heavy atom. The van der Waals surface area contributed by atoms with Crippen LogP contribution < -0.4 is 0 Å². The number of esters is 1. The van der Waals surface area contributed by atoms with Crippen molar-refractivity contribution in [1.82, 2.24) is 0 Å². The van der Waals surface area contributed by atoms with Crippen LogP contribution in [0.4, 0.5) is 5.69 Å². The van der Waals surface area contributed by atoms with E-state index in [1.165, 1.54) is 24.3 Å². The Morgan fingerprint density at radius 1 is 1.41 bits per heavy atom. The van der Waals surface area contributed by atoms with E-state index in [1.807, 2.05) is 0 Å². The molecule has 1 atom stereocenters. The van der Waals surface area contributed by atoms with Crippen molar-refractivity contribution >= 4 is 11.7 Å². The van der Waals surface area contributed by atoms with Crippen molar-refractivity contribution in [2.24, 2.45) is 0 Å². The van der Waals surface area contributed by atoms with Gasteiger partial charge in [0.15, 0.2) is 6.07 Å². The van der Waals surface area contributed by atoms with Crippen molar-refractivity contribution in [3.63, 3.8) is 0 Å². The Kier molecular flexibility index (Phi) is 4.85. The zero-order valence-corrected chi connectivity index (χ0v) is 12.5. The molecular formula is C15H15N3O4. The van der Waals surface area contributed by atoms with Crippen LogP contribution in [0.3, 0.4) is 0 Å². The van der Waals surface area contributed by atoms with Gasteiger partial charge in [0.1, 0.15) is 5.60 Å². The summed E-state index contributed by atoms with van der Waals surface area (Å²) in [6.07, 6.45) is -0.195. The van der Waals surface area contributed by atoms with Gasteiger partial charge in [-0.3, -0.25) is 15.0 Å². The Balaban J connectivity index is 3.07. The number of nitro benzene ring substituents is 1. The van der Waals surface area contributed by atoms with E-state index in [4.69, 9.17) is 11.3 Å². The topological polar surface area (TPSA) is 97.6 Å². The van der Waals surface area contributed by atoms with E-state index in [2.05, 4.69) is 4.85 Å². The van der Waals surface area contributed by atoms with Crippen molar-refractivity contribution in [2.75, 3.05) is 0 Å². The van der Waals surface area contributed by atoms with E-state index < -0.39 is 22.0 Å². The smallest absolute Gasteiger partial charge is 0.413 e. The summed E-state index contributed by atoms with van der Waals surface area (Å²) in [7, 11) is 0. The molecular weight excluding hydrogens is 286 g/mol. The average Bonchev–Trinajstić information content (AvgIpc) is 2.43. The molecule has 0 aliphatic heterocycles. The predicted molar refractivity (Wildman–Crippen MR) is 77.6 cm³/mol. The van der Waals surface area contributed by atoms with Crippen LogP contribution in [0.1, 0.15) is 26.3 Å². The van der Waals surface area contributed by atoms with Crippen LogP contribution in [0.25, 0.3) is 4.85 Å². The van der Waals surface area contributed by atoms with Crippen LogP contribution in [0, 0.1) is 28.0 Å². The molecule has 0 heterocycles. The van der Waals surface area contributed by atoms with E-state index in [1.54, 1.807) is 26.8 Å². The SMILES string of the molecule is [C-]#[N+]C(C#N)(Cc1ccc([N+](=O)[O-])cc1)C(=O)OC(C)(C)C. The van der Waals surface area contributed by atoms with Gasteiger partial charge in [-0.25, -0.2) is 11.4 Å². The highest BCUT2D eigenvalue weighted by Gasteiger charge is 2.49. The van der Waals surface area contributed by atoms with Gasteiger partial charge in [-0.1, -0.05) is 12.1 Å². The molecule has 0 N–H and O–H groups in total. The molecule has 0 spiro atoms. The van der Waals surface area contributed by atoms with Gasteiger partial charge < -0.3 is 4.74 Å². The predicted octanol–water partition coefficient (Wildman–Crippen LogP) is 2.66. The number of non-ortho nitro benzene ring substituents is 1. The molecule has 1 aromatic rings. The normalized spacial score (nSPS) is 13.3. The molecule has 0 saturated heterocycles. The molecule has 0 aliphatic rings.